The minimum Gasteiger partial charge on any atom is -0.389 e. The number of hydrogen-bond donors (Lipinski definition) is 2. The molecule has 0 radical (unpaired) electrons. The molecule has 19 heavy (non-hydrogen) atoms. The molecule has 0 bridgehead atoms. The lowest BCUT2D eigenvalue weighted by molar-refractivity contribution is 0.0564. The number of ether oxygens (including phenoxy) is 1. The molecule has 2 rings (SSSR count). The van der Waals surface area contributed by atoms with Gasteiger partial charge in [-0.1, -0.05) is 12.2 Å². The van der Waals surface area contributed by atoms with E-state index in [1.807, 2.05) is 0 Å². The Balaban J connectivity index is 2.08. The number of nitrogens with zero attached hydrogens (tertiary/aromatic N) is 1. The largest absolute Gasteiger partial charge is 0.389 e. The summed E-state index contributed by atoms with van der Waals surface area (Å²) in [5.41, 5.74) is 5.99. The second-order valence-electron chi connectivity index (χ2n) is 4.09. The molecule has 102 valence electrons. The Morgan fingerprint density at radius 3 is 2.74 bits per heavy atom. The SMILES string of the molecule is NC(=S)c1cc(NC(=O)N2CCOCC2)ccc1F. The van der Waals surface area contributed by atoms with Crippen LogP contribution in [0.4, 0.5) is 14.9 Å². The molecule has 1 fully saturated rings. The van der Waals surface area contributed by atoms with Crippen molar-refractivity contribution >= 4 is 28.9 Å². The van der Waals surface area contributed by atoms with Crippen molar-refractivity contribution in [2.24, 2.45) is 5.73 Å². The number of carbonyl (C=O) groups is 1. The van der Waals surface area contributed by atoms with Gasteiger partial charge in [-0.05, 0) is 18.2 Å². The number of benzene rings is 1. The van der Waals surface area contributed by atoms with Gasteiger partial charge in [0.05, 0.1) is 13.2 Å². The van der Waals surface area contributed by atoms with Crippen LogP contribution in [0.15, 0.2) is 18.2 Å². The zero-order valence-corrected chi connectivity index (χ0v) is 11.0. The zero-order valence-electron chi connectivity index (χ0n) is 10.2. The smallest absolute Gasteiger partial charge is 0.321 e. The molecule has 0 atom stereocenters. The standard InChI is InChI=1S/C12H14FN3O2S/c13-10-2-1-8(7-9(10)11(14)19)15-12(17)16-3-5-18-6-4-16/h1-2,7H,3-6H2,(H2,14,19)(H,15,17). The Kier molecular flexibility index (Phi) is 4.28. The maximum absolute atomic E-state index is 13.4. The fourth-order valence-electron chi connectivity index (χ4n) is 1.76. The van der Waals surface area contributed by atoms with Gasteiger partial charge in [0.15, 0.2) is 0 Å². The van der Waals surface area contributed by atoms with Crippen molar-refractivity contribution in [1.29, 1.82) is 0 Å². The molecule has 1 aromatic carbocycles. The monoisotopic (exact) mass is 283 g/mol. The van der Waals surface area contributed by atoms with Crippen LogP contribution in [-0.2, 0) is 4.74 Å². The number of amides is 2. The fourth-order valence-corrected chi connectivity index (χ4v) is 1.92. The molecule has 0 unspecified atom stereocenters. The average molecular weight is 283 g/mol. The highest BCUT2D eigenvalue weighted by atomic mass is 32.1. The van der Waals surface area contributed by atoms with Crippen LogP contribution < -0.4 is 11.1 Å². The van der Waals surface area contributed by atoms with Gasteiger partial charge in [0, 0.05) is 24.3 Å². The van der Waals surface area contributed by atoms with Gasteiger partial charge in [-0.15, -0.1) is 0 Å². The molecular formula is C12H14FN3O2S. The molecule has 0 aromatic heterocycles. The molecule has 1 aromatic rings. The summed E-state index contributed by atoms with van der Waals surface area (Å²) in [6, 6.07) is 3.87. The van der Waals surface area contributed by atoms with Crippen molar-refractivity contribution < 1.29 is 13.9 Å². The van der Waals surface area contributed by atoms with Crippen LogP contribution >= 0.6 is 12.2 Å². The number of nitrogens with one attached hydrogen (secondary N) is 1. The number of carbonyl (C=O) groups excluding carboxylic acids is 1. The Labute approximate surface area is 115 Å². The summed E-state index contributed by atoms with van der Waals surface area (Å²) in [4.78, 5) is 13.5. The van der Waals surface area contributed by atoms with E-state index in [9.17, 15) is 9.18 Å². The summed E-state index contributed by atoms with van der Waals surface area (Å²) in [6.07, 6.45) is 0. The van der Waals surface area contributed by atoms with E-state index in [2.05, 4.69) is 5.32 Å². The third kappa shape index (κ3) is 3.39. The van der Waals surface area contributed by atoms with E-state index in [0.29, 0.717) is 32.0 Å². The minimum absolute atomic E-state index is 0.0417. The minimum atomic E-state index is -0.503. The molecule has 2 amide bonds. The highest BCUT2D eigenvalue weighted by Gasteiger charge is 2.17. The van der Waals surface area contributed by atoms with Crippen molar-refractivity contribution in [1.82, 2.24) is 4.90 Å². The van der Waals surface area contributed by atoms with E-state index in [0.717, 1.165) is 0 Å². The van der Waals surface area contributed by atoms with Crippen molar-refractivity contribution in [2.45, 2.75) is 0 Å². The van der Waals surface area contributed by atoms with Crippen LogP contribution in [0.3, 0.4) is 0 Å². The first-order valence-electron chi connectivity index (χ1n) is 5.81. The molecular weight excluding hydrogens is 269 g/mol. The first-order valence-corrected chi connectivity index (χ1v) is 6.22. The highest BCUT2D eigenvalue weighted by molar-refractivity contribution is 7.80. The topological polar surface area (TPSA) is 67.6 Å². The Morgan fingerprint density at radius 1 is 1.42 bits per heavy atom. The average Bonchev–Trinajstić information content (AvgIpc) is 2.41. The van der Waals surface area contributed by atoms with Crippen LogP contribution in [0.2, 0.25) is 0 Å². The predicted molar refractivity (Wildman–Crippen MR) is 73.7 cm³/mol. The number of thiocarbonyl (C=S) groups is 1. The van der Waals surface area contributed by atoms with Crippen LogP contribution in [-0.4, -0.2) is 42.2 Å². The maximum Gasteiger partial charge on any atom is 0.321 e. The summed E-state index contributed by atoms with van der Waals surface area (Å²) < 4.78 is 18.6. The van der Waals surface area contributed by atoms with Crippen LogP contribution in [0, 0.1) is 5.82 Å². The van der Waals surface area contributed by atoms with Gasteiger partial charge in [-0.2, -0.15) is 0 Å². The second kappa shape index (κ2) is 5.94. The molecule has 1 saturated heterocycles. The van der Waals surface area contributed by atoms with Crippen molar-refractivity contribution in [3.8, 4) is 0 Å². The highest BCUT2D eigenvalue weighted by Crippen LogP contribution is 2.15. The van der Waals surface area contributed by atoms with Gasteiger partial charge >= 0.3 is 6.03 Å². The Morgan fingerprint density at radius 2 is 2.11 bits per heavy atom. The van der Waals surface area contributed by atoms with Gasteiger partial charge in [0.25, 0.3) is 0 Å². The molecule has 0 saturated carbocycles. The first-order chi connectivity index (χ1) is 9.08. The molecule has 7 heteroatoms. The van der Waals surface area contributed by atoms with Crippen LogP contribution in [0.25, 0.3) is 0 Å². The number of halogens is 1. The van der Waals surface area contributed by atoms with E-state index >= 15 is 0 Å². The van der Waals surface area contributed by atoms with Gasteiger partial charge in [0.2, 0.25) is 0 Å². The number of anilines is 1. The molecule has 1 aliphatic rings. The van der Waals surface area contributed by atoms with E-state index in [1.54, 1.807) is 4.90 Å². The summed E-state index contributed by atoms with van der Waals surface area (Å²) in [7, 11) is 0. The number of morpholine rings is 1. The lowest BCUT2D eigenvalue weighted by atomic mass is 10.2. The lowest BCUT2D eigenvalue weighted by Crippen LogP contribution is -2.43. The number of rotatable bonds is 2. The summed E-state index contributed by atoms with van der Waals surface area (Å²) in [5, 5.41) is 2.68. The van der Waals surface area contributed by atoms with E-state index in [4.69, 9.17) is 22.7 Å². The molecule has 3 N–H and O–H groups in total. The first kappa shape index (κ1) is 13.7. The van der Waals surface area contributed by atoms with Gasteiger partial charge in [-0.3, -0.25) is 0 Å². The Hall–Kier alpha value is -1.73. The molecule has 0 spiro atoms. The Bertz CT molecular complexity index is 504. The van der Waals surface area contributed by atoms with Crippen LogP contribution in [0.5, 0.6) is 0 Å². The van der Waals surface area contributed by atoms with Gasteiger partial charge in [-0.25, -0.2) is 9.18 Å². The number of nitrogens with two attached hydrogens (primary N) is 1. The molecule has 5 nitrogen and oxygen atoms in total. The van der Waals surface area contributed by atoms with Crippen LogP contribution in [0.1, 0.15) is 5.56 Å². The van der Waals surface area contributed by atoms with E-state index in [-0.39, 0.29) is 16.6 Å². The summed E-state index contributed by atoms with van der Waals surface area (Å²) >= 11 is 4.75. The van der Waals surface area contributed by atoms with E-state index in [1.165, 1.54) is 18.2 Å². The van der Waals surface area contributed by atoms with Gasteiger partial charge < -0.3 is 20.7 Å². The molecule has 1 heterocycles. The maximum atomic E-state index is 13.4. The van der Waals surface area contributed by atoms with E-state index < -0.39 is 5.82 Å². The van der Waals surface area contributed by atoms with Crippen molar-refractivity contribution in [2.75, 3.05) is 31.6 Å². The number of hydrogen-bond acceptors (Lipinski definition) is 3. The third-order valence-corrected chi connectivity index (χ3v) is 3.00. The quantitative estimate of drug-likeness (QED) is 0.803. The third-order valence-electron chi connectivity index (χ3n) is 2.78. The normalized spacial score (nSPS) is 15.1. The fraction of sp³-hybridized carbons (Fsp3) is 0.333. The lowest BCUT2D eigenvalue weighted by Gasteiger charge is -2.27. The molecule has 0 aliphatic carbocycles. The van der Waals surface area contributed by atoms with Crippen molar-refractivity contribution in [3.63, 3.8) is 0 Å². The predicted octanol–water partition coefficient (Wildman–Crippen LogP) is 1.32. The number of urea groups is 1. The second-order valence-corrected chi connectivity index (χ2v) is 4.53. The zero-order chi connectivity index (χ0) is 13.8. The van der Waals surface area contributed by atoms with Gasteiger partial charge in [0.1, 0.15) is 10.8 Å². The summed E-state index contributed by atoms with van der Waals surface area (Å²) in [6.45, 7) is 2.12. The molecule has 1 aliphatic heterocycles. The summed E-state index contributed by atoms with van der Waals surface area (Å²) in [5.74, 6) is -0.503. The van der Waals surface area contributed by atoms with Crippen molar-refractivity contribution in [3.05, 3.63) is 29.6 Å².